The van der Waals surface area contributed by atoms with E-state index in [1.807, 2.05) is 0 Å². The summed E-state index contributed by atoms with van der Waals surface area (Å²) in [6, 6.07) is -1.58. The largest absolute Gasteiger partial charge is 0.405 e. The van der Waals surface area contributed by atoms with Crippen LogP contribution in [0.25, 0.3) is 0 Å². The van der Waals surface area contributed by atoms with E-state index < -0.39 is 12.2 Å². The van der Waals surface area contributed by atoms with Gasteiger partial charge in [-0.25, -0.2) is 0 Å². The van der Waals surface area contributed by atoms with E-state index in [4.69, 9.17) is 0 Å². The normalized spacial score (nSPS) is 18.9. The number of hydrogen-bond acceptors (Lipinski definition) is 3. The van der Waals surface area contributed by atoms with Crippen molar-refractivity contribution in [2.75, 3.05) is 32.7 Å². The third-order valence-corrected chi connectivity index (χ3v) is 2.78. The first-order valence-electron chi connectivity index (χ1n) is 5.73. The second-order valence-corrected chi connectivity index (χ2v) is 4.00. The van der Waals surface area contributed by atoms with Gasteiger partial charge in [-0.05, 0) is 0 Å². The van der Waals surface area contributed by atoms with E-state index in [0.717, 1.165) is 0 Å². The molecule has 1 amide bonds. The highest BCUT2D eigenvalue weighted by atomic mass is 35.5. The number of alkyl halides is 3. The SMILES string of the molecule is CCC(=O)NCC(N1CCNCC1)C(F)(F)F.Cl. The molecule has 4 nitrogen and oxygen atoms in total. The fourth-order valence-electron chi connectivity index (χ4n) is 1.78. The van der Waals surface area contributed by atoms with Crippen LogP contribution in [-0.2, 0) is 4.79 Å². The summed E-state index contributed by atoms with van der Waals surface area (Å²) in [4.78, 5) is 12.4. The zero-order valence-electron chi connectivity index (χ0n) is 10.2. The predicted molar refractivity (Wildman–Crippen MR) is 64.8 cm³/mol. The topological polar surface area (TPSA) is 44.4 Å². The molecule has 0 saturated carbocycles. The van der Waals surface area contributed by atoms with Gasteiger partial charge in [0.2, 0.25) is 5.91 Å². The maximum absolute atomic E-state index is 12.8. The van der Waals surface area contributed by atoms with Crippen molar-refractivity contribution < 1.29 is 18.0 Å². The van der Waals surface area contributed by atoms with Gasteiger partial charge >= 0.3 is 6.18 Å². The average molecular weight is 290 g/mol. The summed E-state index contributed by atoms with van der Waals surface area (Å²) in [7, 11) is 0. The monoisotopic (exact) mass is 289 g/mol. The number of halogens is 4. The van der Waals surface area contributed by atoms with Gasteiger partial charge < -0.3 is 10.6 Å². The molecule has 1 unspecified atom stereocenters. The van der Waals surface area contributed by atoms with E-state index in [1.165, 1.54) is 4.90 Å². The highest BCUT2D eigenvalue weighted by Gasteiger charge is 2.43. The number of amides is 1. The Labute approximate surface area is 111 Å². The number of nitrogens with zero attached hydrogens (tertiary/aromatic N) is 1. The summed E-state index contributed by atoms with van der Waals surface area (Å²) in [5.41, 5.74) is 0. The summed E-state index contributed by atoms with van der Waals surface area (Å²) >= 11 is 0. The molecule has 18 heavy (non-hydrogen) atoms. The second kappa shape index (κ2) is 7.81. The van der Waals surface area contributed by atoms with Crippen LogP contribution in [-0.4, -0.2) is 55.7 Å². The van der Waals surface area contributed by atoms with Crippen LogP contribution in [0.3, 0.4) is 0 Å². The number of carbonyl (C=O) groups is 1. The van der Waals surface area contributed by atoms with Crippen LogP contribution in [0.1, 0.15) is 13.3 Å². The molecule has 0 aromatic heterocycles. The van der Waals surface area contributed by atoms with Crippen LogP contribution >= 0.6 is 12.4 Å². The minimum absolute atomic E-state index is 0. The molecule has 1 fully saturated rings. The van der Waals surface area contributed by atoms with Crippen LogP contribution in [0.5, 0.6) is 0 Å². The Bertz CT molecular complexity index is 257. The highest BCUT2D eigenvalue weighted by molar-refractivity contribution is 5.85. The Hall–Kier alpha value is -0.530. The number of piperazine rings is 1. The van der Waals surface area contributed by atoms with E-state index in [2.05, 4.69) is 10.6 Å². The van der Waals surface area contributed by atoms with Gasteiger partial charge in [-0.1, -0.05) is 6.92 Å². The molecule has 0 aromatic carbocycles. The molecule has 108 valence electrons. The van der Waals surface area contributed by atoms with Gasteiger partial charge in [0.05, 0.1) is 0 Å². The number of nitrogens with one attached hydrogen (secondary N) is 2. The maximum atomic E-state index is 12.8. The summed E-state index contributed by atoms with van der Waals surface area (Å²) < 4.78 is 38.5. The quantitative estimate of drug-likeness (QED) is 0.804. The molecular formula is C10H19ClF3N3O. The van der Waals surface area contributed by atoms with Crippen molar-refractivity contribution in [1.82, 2.24) is 15.5 Å². The Morgan fingerprint density at radius 3 is 2.39 bits per heavy atom. The highest BCUT2D eigenvalue weighted by Crippen LogP contribution is 2.24. The lowest BCUT2D eigenvalue weighted by molar-refractivity contribution is -0.184. The average Bonchev–Trinajstić information content (AvgIpc) is 2.28. The first-order valence-corrected chi connectivity index (χ1v) is 5.73. The van der Waals surface area contributed by atoms with E-state index >= 15 is 0 Å². The minimum Gasteiger partial charge on any atom is -0.354 e. The van der Waals surface area contributed by atoms with Gasteiger partial charge in [0.1, 0.15) is 6.04 Å². The number of carbonyl (C=O) groups excluding carboxylic acids is 1. The Balaban J connectivity index is 0.00000289. The standard InChI is InChI=1S/C10H18F3N3O.ClH/c1-2-9(17)15-7-8(10(11,12)13)16-5-3-14-4-6-16;/h8,14H,2-7H2,1H3,(H,15,17);1H. The molecule has 1 aliphatic rings. The molecule has 0 radical (unpaired) electrons. The summed E-state index contributed by atoms with van der Waals surface area (Å²) in [5, 5.41) is 5.32. The van der Waals surface area contributed by atoms with Crippen LogP contribution in [0, 0.1) is 0 Å². The lowest BCUT2D eigenvalue weighted by atomic mass is 10.2. The molecule has 1 rings (SSSR count). The fourth-order valence-corrected chi connectivity index (χ4v) is 1.78. The van der Waals surface area contributed by atoms with Gasteiger partial charge in [0.25, 0.3) is 0 Å². The smallest absolute Gasteiger partial charge is 0.354 e. The van der Waals surface area contributed by atoms with Crippen LogP contribution in [0.15, 0.2) is 0 Å². The zero-order valence-corrected chi connectivity index (χ0v) is 11.0. The molecule has 1 atom stereocenters. The van der Waals surface area contributed by atoms with E-state index in [9.17, 15) is 18.0 Å². The van der Waals surface area contributed by atoms with Crippen molar-refractivity contribution >= 4 is 18.3 Å². The molecule has 0 aliphatic carbocycles. The van der Waals surface area contributed by atoms with Crippen molar-refractivity contribution in [3.05, 3.63) is 0 Å². The first kappa shape index (κ1) is 17.5. The lowest BCUT2D eigenvalue weighted by Crippen LogP contribution is -2.57. The van der Waals surface area contributed by atoms with Crippen molar-refractivity contribution in [3.63, 3.8) is 0 Å². The molecular weight excluding hydrogens is 271 g/mol. The summed E-state index contributed by atoms with van der Waals surface area (Å²) in [6.45, 7) is 3.06. The van der Waals surface area contributed by atoms with Crippen LogP contribution < -0.4 is 10.6 Å². The maximum Gasteiger partial charge on any atom is 0.405 e. The fraction of sp³-hybridized carbons (Fsp3) is 0.900. The van der Waals surface area contributed by atoms with E-state index in [-0.39, 0.29) is 31.3 Å². The molecule has 0 bridgehead atoms. The van der Waals surface area contributed by atoms with Gasteiger partial charge in [-0.15, -0.1) is 12.4 Å². The molecule has 0 aromatic rings. The Morgan fingerprint density at radius 1 is 1.39 bits per heavy atom. The van der Waals surface area contributed by atoms with Gasteiger partial charge in [-0.3, -0.25) is 9.69 Å². The number of hydrogen-bond donors (Lipinski definition) is 2. The molecule has 8 heteroatoms. The minimum atomic E-state index is -4.31. The summed E-state index contributed by atoms with van der Waals surface area (Å²) in [6.07, 6.45) is -4.11. The van der Waals surface area contributed by atoms with E-state index in [0.29, 0.717) is 26.2 Å². The zero-order chi connectivity index (χ0) is 12.9. The van der Waals surface area contributed by atoms with Gasteiger partial charge in [0.15, 0.2) is 0 Å². The van der Waals surface area contributed by atoms with E-state index in [1.54, 1.807) is 6.92 Å². The van der Waals surface area contributed by atoms with Gasteiger partial charge in [0, 0.05) is 39.1 Å². The molecule has 1 heterocycles. The molecule has 1 aliphatic heterocycles. The van der Waals surface area contributed by atoms with Gasteiger partial charge in [-0.2, -0.15) is 13.2 Å². The Kier molecular flexibility index (Phi) is 7.58. The third kappa shape index (κ3) is 5.41. The van der Waals surface area contributed by atoms with Crippen molar-refractivity contribution in [3.8, 4) is 0 Å². The summed E-state index contributed by atoms with van der Waals surface area (Å²) in [5.74, 6) is -0.352. The van der Waals surface area contributed by atoms with Crippen LogP contribution in [0.4, 0.5) is 13.2 Å². The molecule has 2 N–H and O–H groups in total. The molecule has 1 saturated heterocycles. The Morgan fingerprint density at radius 2 is 1.94 bits per heavy atom. The van der Waals surface area contributed by atoms with Crippen LogP contribution in [0.2, 0.25) is 0 Å². The lowest BCUT2D eigenvalue weighted by Gasteiger charge is -2.35. The predicted octanol–water partition coefficient (Wildman–Crippen LogP) is 0.770. The van der Waals surface area contributed by atoms with Crippen molar-refractivity contribution in [2.45, 2.75) is 25.6 Å². The third-order valence-electron chi connectivity index (χ3n) is 2.78. The molecule has 0 spiro atoms. The number of rotatable bonds is 4. The first-order chi connectivity index (χ1) is 7.95. The second-order valence-electron chi connectivity index (χ2n) is 4.00. The van der Waals surface area contributed by atoms with Crippen molar-refractivity contribution in [2.24, 2.45) is 0 Å². The van der Waals surface area contributed by atoms with Crippen molar-refractivity contribution in [1.29, 1.82) is 0 Å².